The van der Waals surface area contributed by atoms with Gasteiger partial charge in [0.2, 0.25) is 0 Å². The van der Waals surface area contributed by atoms with Gasteiger partial charge in [0, 0.05) is 11.9 Å². The summed E-state index contributed by atoms with van der Waals surface area (Å²) >= 11 is 6.29. The Morgan fingerprint density at radius 2 is 1.34 bits per heavy atom. The first-order valence-corrected chi connectivity index (χ1v) is 10.6. The van der Waals surface area contributed by atoms with Crippen LogP contribution in [0.4, 0.5) is 0 Å². The molecule has 3 rings (SSSR count). The highest BCUT2D eigenvalue weighted by Crippen LogP contribution is 2.22. The van der Waals surface area contributed by atoms with Gasteiger partial charge in [0.15, 0.2) is 0 Å². The highest BCUT2D eigenvalue weighted by atomic mass is 35.5. The molecule has 0 N–H and O–H groups in total. The second-order valence-corrected chi connectivity index (χ2v) is 7.29. The molecule has 0 atom stereocenters. The number of carbonyl (C=O) groups is 1. The standard InChI is InChI=1S/C25H21Cl.C4H6O2/c1-20(18-21-10-4-2-5-11-21)24(19-22-12-6-3-7-13-22)17-16-23-14-8-9-15-25(23)26;1-3-6-4(2)5/h2-19H,1H3;3H,1H2,2H3. The maximum Gasteiger partial charge on any atom is 0.307 e. The molecular formula is C29H27ClO2. The number of hydrogen-bond donors (Lipinski definition) is 0. The molecule has 0 radical (unpaired) electrons. The number of benzene rings is 3. The van der Waals surface area contributed by atoms with Gasteiger partial charge in [-0.05, 0) is 46.9 Å². The topological polar surface area (TPSA) is 26.3 Å². The van der Waals surface area contributed by atoms with Crippen molar-refractivity contribution in [3.63, 3.8) is 0 Å². The number of ether oxygens (including phenoxy) is 1. The molecule has 3 aromatic rings. The molecule has 3 aromatic carbocycles. The summed E-state index contributed by atoms with van der Waals surface area (Å²) in [6.45, 7) is 6.62. The highest BCUT2D eigenvalue weighted by molar-refractivity contribution is 6.32. The lowest BCUT2D eigenvalue weighted by molar-refractivity contribution is -0.135. The summed E-state index contributed by atoms with van der Waals surface area (Å²) in [5, 5.41) is 0.757. The number of hydrogen-bond acceptors (Lipinski definition) is 2. The van der Waals surface area contributed by atoms with Crippen LogP contribution in [-0.2, 0) is 9.53 Å². The van der Waals surface area contributed by atoms with Gasteiger partial charge in [-0.15, -0.1) is 0 Å². The van der Waals surface area contributed by atoms with Gasteiger partial charge in [0.25, 0.3) is 0 Å². The molecule has 0 amide bonds. The van der Waals surface area contributed by atoms with Crippen LogP contribution < -0.4 is 0 Å². The Morgan fingerprint density at radius 1 is 0.812 bits per heavy atom. The van der Waals surface area contributed by atoms with Gasteiger partial charge in [-0.3, -0.25) is 4.79 Å². The van der Waals surface area contributed by atoms with Gasteiger partial charge in [-0.1, -0.05) is 115 Å². The van der Waals surface area contributed by atoms with Crippen molar-refractivity contribution in [3.8, 4) is 0 Å². The molecule has 0 heterocycles. The van der Waals surface area contributed by atoms with Crippen LogP contribution in [0.25, 0.3) is 18.2 Å². The summed E-state index contributed by atoms with van der Waals surface area (Å²) in [6.07, 6.45) is 9.69. The summed E-state index contributed by atoms with van der Waals surface area (Å²) in [7, 11) is 0. The van der Waals surface area contributed by atoms with Gasteiger partial charge in [0.1, 0.15) is 0 Å². The van der Waals surface area contributed by atoms with Crippen LogP contribution in [0.5, 0.6) is 0 Å². The third kappa shape index (κ3) is 9.03. The predicted octanol–water partition coefficient (Wildman–Crippen LogP) is 8.23. The van der Waals surface area contributed by atoms with Crippen LogP contribution in [0.2, 0.25) is 5.02 Å². The minimum absolute atomic E-state index is 0.329. The van der Waals surface area contributed by atoms with Crippen LogP contribution in [0.15, 0.2) is 115 Å². The summed E-state index contributed by atoms with van der Waals surface area (Å²) in [6, 6.07) is 28.6. The van der Waals surface area contributed by atoms with E-state index < -0.39 is 0 Å². The first kappa shape index (κ1) is 24.6. The third-order valence-corrected chi connectivity index (χ3v) is 4.70. The van der Waals surface area contributed by atoms with E-state index in [2.05, 4.69) is 91.1 Å². The molecule has 0 unspecified atom stereocenters. The minimum atomic E-state index is -0.329. The number of halogens is 1. The van der Waals surface area contributed by atoms with Crippen LogP contribution in [0.1, 0.15) is 30.5 Å². The number of esters is 1. The van der Waals surface area contributed by atoms with Crippen LogP contribution in [0, 0.1) is 0 Å². The second-order valence-electron chi connectivity index (χ2n) is 6.88. The molecule has 0 fully saturated rings. The molecule has 0 bridgehead atoms. The van der Waals surface area contributed by atoms with E-state index in [0.717, 1.165) is 22.4 Å². The molecule has 0 aliphatic heterocycles. The molecule has 32 heavy (non-hydrogen) atoms. The lowest BCUT2D eigenvalue weighted by atomic mass is 10.00. The van der Waals surface area contributed by atoms with Gasteiger partial charge in [-0.2, -0.15) is 0 Å². The fourth-order valence-corrected chi connectivity index (χ4v) is 3.01. The summed E-state index contributed by atoms with van der Waals surface area (Å²) < 4.78 is 4.17. The zero-order chi connectivity index (χ0) is 23.2. The maximum atomic E-state index is 9.75. The Hall–Kier alpha value is -3.62. The maximum absolute atomic E-state index is 9.75. The van der Waals surface area contributed by atoms with Crippen LogP contribution >= 0.6 is 11.6 Å². The number of rotatable bonds is 6. The van der Waals surface area contributed by atoms with Crippen LogP contribution in [0.3, 0.4) is 0 Å². The molecular weight excluding hydrogens is 416 g/mol. The lowest BCUT2D eigenvalue weighted by Crippen LogP contribution is -1.87. The SMILES string of the molecule is C=COC(C)=O.CC(=Cc1ccccc1)C(C=Cc1ccccc1Cl)=Cc1ccccc1. The van der Waals surface area contributed by atoms with Gasteiger partial charge in [0.05, 0.1) is 6.26 Å². The first-order chi connectivity index (χ1) is 15.5. The lowest BCUT2D eigenvalue weighted by Gasteiger charge is -2.06. The minimum Gasteiger partial charge on any atom is -0.435 e. The Bertz CT molecular complexity index is 1090. The molecule has 0 aromatic heterocycles. The summed E-state index contributed by atoms with van der Waals surface area (Å²) in [5.74, 6) is -0.329. The van der Waals surface area contributed by atoms with Gasteiger partial charge in [-0.25, -0.2) is 0 Å². The van der Waals surface area contributed by atoms with E-state index in [1.54, 1.807) is 0 Å². The van der Waals surface area contributed by atoms with Crippen molar-refractivity contribution in [2.24, 2.45) is 0 Å². The van der Waals surface area contributed by atoms with E-state index in [1.807, 2.05) is 36.4 Å². The van der Waals surface area contributed by atoms with E-state index in [4.69, 9.17) is 11.6 Å². The molecule has 162 valence electrons. The molecule has 3 heteroatoms. The fourth-order valence-electron chi connectivity index (χ4n) is 2.81. The Balaban J connectivity index is 0.000000534. The normalized spacial score (nSPS) is 11.5. The summed E-state index contributed by atoms with van der Waals surface area (Å²) in [5.41, 5.74) is 5.73. The average molecular weight is 443 g/mol. The van der Waals surface area contributed by atoms with Gasteiger partial charge < -0.3 is 4.74 Å². The van der Waals surface area contributed by atoms with Crippen molar-refractivity contribution in [3.05, 3.63) is 137 Å². The van der Waals surface area contributed by atoms with E-state index in [1.165, 1.54) is 23.6 Å². The first-order valence-electron chi connectivity index (χ1n) is 10.2. The van der Waals surface area contributed by atoms with E-state index in [-0.39, 0.29) is 5.97 Å². The highest BCUT2D eigenvalue weighted by Gasteiger charge is 2.00. The molecule has 0 saturated heterocycles. The summed E-state index contributed by atoms with van der Waals surface area (Å²) in [4.78, 5) is 9.75. The van der Waals surface area contributed by atoms with Crippen molar-refractivity contribution in [2.75, 3.05) is 0 Å². The monoisotopic (exact) mass is 442 g/mol. The van der Waals surface area contributed by atoms with Crippen molar-refractivity contribution in [2.45, 2.75) is 13.8 Å². The van der Waals surface area contributed by atoms with Crippen LogP contribution in [-0.4, -0.2) is 5.97 Å². The number of carbonyl (C=O) groups excluding carboxylic acids is 1. The molecule has 0 spiro atoms. The Labute approximate surface area is 195 Å². The van der Waals surface area contributed by atoms with E-state index in [0.29, 0.717) is 0 Å². The van der Waals surface area contributed by atoms with Crippen molar-refractivity contribution in [1.29, 1.82) is 0 Å². The second kappa shape index (κ2) is 13.6. The Morgan fingerprint density at radius 3 is 1.84 bits per heavy atom. The molecule has 0 saturated carbocycles. The molecule has 2 nitrogen and oxygen atoms in total. The zero-order valence-corrected chi connectivity index (χ0v) is 19.1. The van der Waals surface area contributed by atoms with Crippen molar-refractivity contribution >= 4 is 35.8 Å². The quantitative estimate of drug-likeness (QED) is 0.218. The largest absolute Gasteiger partial charge is 0.435 e. The predicted molar refractivity (Wildman–Crippen MR) is 137 cm³/mol. The van der Waals surface area contributed by atoms with Crippen molar-refractivity contribution in [1.82, 2.24) is 0 Å². The number of allylic oxidation sites excluding steroid dienone is 3. The van der Waals surface area contributed by atoms with Gasteiger partial charge >= 0.3 is 5.97 Å². The van der Waals surface area contributed by atoms with Crippen molar-refractivity contribution < 1.29 is 9.53 Å². The molecule has 0 aliphatic carbocycles. The van der Waals surface area contributed by atoms with E-state index in [9.17, 15) is 4.79 Å². The molecule has 0 aliphatic rings. The average Bonchev–Trinajstić information content (AvgIpc) is 2.79. The fraction of sp³-hybridized carbons (Fsp3) is 0.0690. The Kier molecular flexibility index (Phi) is 10.5. The smallest absolute Gasteiger partial charge is 0.307 e. The zero-order valence-electron chi connectivity index (χ0n) is 18.4. The van der Waals surface area contributed by atoms with E-state index >= 15 is 0 Å². The third-order valence-electron chi connectivity index (χ3n) is 4.36.